The Bertz CT molecular complexity index is 330. The molecule has 4 nitrogen and oxygen atoms in total. The van der Waals surface area contributed by atoms with Crippen LogP contribution in [0.3, 0.4) is 0 Å². The molecule has 14 heavy (non-hydrogen) atoms. The molecule has 0 spiro atoms. The normalized spacial score (nSPS) is 10.1. The lowest BCUT2D eigenvalue weighted by Gasteiger charge is -1.98. The Kier molecular flexibility index (Phi) is 3.67. The van der Waals surface area contributed by atoms with Crippen molar-refractivity contribution in [2.24, 2.45) is 4.99 Å². The number of ether oxygens (including phenoxy) is 2. The molecule has 0 unspecified atom stereocenters. The van der Waals surface area contributed by atoms with Crippen LogP contribution in [0.25, 0.3) is 0 Å². The van der Waals surface area contributed by atoms with E-state index in [2.05, 4.69) is 9.73 Å². The molecule has 0 atom stereocenters. The summed E-state index contributed by atoms with van der Waals surface area (Å²) >= 11 is 0. The van der Waals surface area contributed by atoms with Crippen LogP contribution in [0.2, 0.25) is 0 Å². The van der Waals surface area contributed by atoms with E-state index in [-0.39, 0.29) is 0 Å². The fourth-order valence-electron chi connectivity index (χ4n) is 0.848. The summed E-state index contributed by atoms with van der Waals surface area (Å²) in [5.41, 5.74) is 0.677. The number of nitrogens with zero attached hydrogens (tertiary/aromatic N) is 1. The first kappa shape index (κ1) is 10.2. The summed E-state index contributed by atoms with van der Waals surface area (Å²) in [4.78, 5) is 14.6. The van der Waals surface area contributed by atoms with Gasteiger partial charge in [-0.25, -0.2) is 9.79 Å². The van der Waals surface area contributed by atoms with Crippen LogP contribution in [0.1, 0.15) is 0 Å². The number of benzene rings is 1. The maximum absolute atomic E-state index is 10.7. The van der Waals surface area contributed by atoms with Crippen LogP contribution in [0.5, 0.6) is 5.75 Å². The van der Waals surface area contributed by atoms with Gasteiger partial charge in [-0.3, -0.25) is 0 Å². The summed E-state index contributed by atoms with van der Waals surface area (Å²) in [5, 5.41) is 0. The van der Waals surface area contributed by atoms with Crippen LogP contribution in [0.4, 0.5) is 5.69 Å². The van der Waals surface area contributed by atoms with Crippen molar-refractivity contribution in [3.05, 3.63) is 24.3 Å². The van der Waals surface area contributed by atoms with Crippen molar-refractivity contribution in [3.63, 3.8) is 0 Å². The predicted molar refractivity (Wildman–Crippen MR) is 53.2 cm³/mol. The highest BCUT2D eigenvalue weighted by atomic mass is 16.5. The Hall–Kier alpha value is -1.84. The second-order valence-electron chi connectivity index (χ2n) is 2.48. The summed E-state index contributed by atoms with van der Waals surface area (Å²) in [5.74, 6) is 0.280. The van der Waals surface area contributed by atoms with Gasteiger partial charge in [-0.05, 0) is 24.3 Å². The first-order valence-corrected chi connectivity index (χ1v) is 4.02. The molecule has 0 fully saturated rings. The molecule has 4 heteroatoms. The van der Waals surface area contributed by atoms with Gasteiger partial charge >= 0.3 is 5.97 Å². The number of methoxy groups -OCH3 is 2. The number of esters is 1. The van der Waals surface area contributed by atoms with E-state index in [4.69, 9.17) is 4.74 Å². The number of hydrogen-bond acceptors (Lipinski definition) is 4. The lowest BCUT2D eigenvalue weighted by atomic mass is 10.3. The van der Waals surface area contributed by atoms with E-state index in [1.54, 1.807) is 31.4 Å². The van der Waals surface area contributed by atoms with Gasteiger partial charge < -0.3 is 9.47 Å². The zero-order chi connectivity index (χ0) is 10.4. The summed E-state index contributed by atoms with van der Waals surface area (Å²) < 4.78 is 9.38. The van der Waals surface area contributed by atoms with Crippen molar-refractivity contribution in [1.29, 1.82) is 0 Å². The van der Waals surface area contributed by atoms with Crippen LogP contribution in [-0.2, 0) is 9.53 Å². The fourth-order valence-corrected chi connectivity index (χ4v) is 0.848. The average Bonchev–Trinajstić information content (AvgIpc) is 2.26. The van der Waals surface area contributed by atoms with Crippen LogP contribution in [0, 0.1) is 0 Å². The van der Waals surface area contributed by atoms with Crippen molar-refractivity contribution < 1.29 is 14.3 Å². The molecule has 1 aromatic rings. The first-order valence-electron chi connectivity index (χ1n) is 4.02. The minimum Gasteiger partial charge on any atom is -0.497 e. The molecule has 1 rings (SSSR count). The van der Waals surface area contributed by atoms with E-state index in [0.29, 0.717) is 5.69 Å². The Morgan fingerprint density at radius 3 is 2.43 bits per heavy atom. The Balaban J connectivity index is 2.68. The SMILES string of the molecule is COC(=O)C=Nc1ccc(OC)cc1. The number of rotatable bonds is 3. The molecule has 0 saturated heterocycles. The van der Waals surface area contributed by atoms with Gasteiger partial charge in [0.1, 0.15) is 12.0 Å². The summed E-state index contributed by atoms with van der Waals surface area (Å²) in [6.07, 6.45) is 1.13. The summed E-state index contributed by atoms with van der Waals surface area (Å²) in [7, 11) is 2.90. The van der Waals surface area contributed by atoms with Crippen molar-refractivity contribution in [1.82, 2.24) is 0 Å². The van der Waals surface area contributed by atoms with Gasteiger partial charge in [0.15, 0.2) is 0 Å². The standard InChI is InChI=1S/C10H11NO3/c1-13-9-5-3-8(4-6-9)11-7-10(12)14-2/h3-7H,1-2H3. The predicted octanol–water partition coefficient (Wildman–Crippen LogP) is 1.57. The third kappa shape index (κ3) is 2.90. The van der Waals surface area contributed by atoms with Crippen molar-refractivity contribution in [2.75, 3.05) is 14.2 Å². The number of hydrogen-bond donors (Lipinski definition) is 0. The number of aliphatic imine (C=N–C) groups is 1. The first-order chi connectivity index (χ1) is 6.76. The lowest BCUT2D eigenvalue weighted by molar-refractivity contribution is -0.132. The second kappa shape index (κ2) is 5.01. The summed E-state index contributed by atoms with van der Waals surface area (Å²) in [6.45, 7) is 0. The van der Waals surface area contributed by atoms with Crippen molar-refractivity contribution in [2.45, 2.75) is 0 Å². The largest absolute Gasteiger partial charge is 0.497 e. The van der Waals surface area contributed by atoms with E-state index in [1.807, 2.05) is 0 Å². The fraction of sp³-hybridized carbons (Fsp3) is 0.200. The molecule has 0 bridgehead atoms. The third-order valence-corrected chi connectivity index (χ3v) is 1.59. The van der Waals surface area contributed by atoms with Crippen LogP contribution in [0.15, 0.2) is 29.3 Å². The van der Waals surface area contributed by atoms with E-state index in [1.165, 1.54) is 7.11 Å². The van der Waals surface area contributed by atoms with E-state index >= 15 is 0 Å². The highest BCUT2D eigenvalue weighted by Gasteiger charge is 1.94. The van der Waals surface area contributed by atoms with Gasteiger partial charge in [0.2, 0.25) is 0 Å². The average molecular weight is 193 g/mol. The van der Waals surface area contributed by atoms with Gasteiger partial charge in [-0.1, -0.05) is 0 Å². The molecule has 0 aromatic heterocycles. The maximum Gasteiger partial charge on any atom is 0.349 e. The molecule has 0 saturated carbocycles. The molecule has 0 radical (unpaired) electrons. The van der Waals surface area contributed by atoms with Gasteiger partial charge in [0.05, 0.1) is 19.9 Å². The molecule has 0 aliphatic heterocycles. The van der Waals surface area contributed by atoms with Crippen molar-refractivity contribution in [3.8, 4) is 5.75 Å². The van der Waals surface area contributed by atoms with Crippen molar-refractivity contribution >= 4 is 17.9 Å². The zero-order valence-corrected chi connectivity index (χ0v) is 8.06. The maximum atomic E-state index is 10.7. The van der Waals surface area contributed by atoms with Crippen LogP contribution in [-0.4, -0.2) is 26.4 Å². The monoisotopic (exact) mass is 193 g/mol. The molecular weight excluding hydrogens is 182 g/mol. The number of carbonyl (C=O) groups excluding carboxylic acids is 1. The van der Waals surface area contributed by atoms with E-state index in [9.17, 15) is 4.79 Å². The van der Waals surface area contributed by atoms with Gasteiger partial charge in [0, 0.05) is 0 Å². The van der Waals surface area contributed by atoms with E-state index < -0.39 is 5.97 Å². The van der Waals surface area contributed by atoms with Crippen LogP contribution >= 0.6 is 0 Å². The Labute approximate surface area is 82.2 Å². The topological polar surface area (TPSA) is 47.9 Å². The Morgan fingerprint density at radius 1 is 1.29 bits per heavy atom. The highest BCUT2D eigenvalue weighted by Crippen LogP contribution is 2.16. The molecule has 0 amide bonds. The Morgan fingerprint density at radius 2 is 1.93 bits per heavy atom. The van der Waals surface area contributed by atoms with Crippen LogP contribution < -0.4 is 4.74 Å². The van der Waals surface area contributed by atoms with Gasteiger partial charge in [-0.2, -0.15) is 0 Å². The van der Waals surface area contributed by atoms with E-state index in [0.717, 1.165) is 12.0 Å². The molecular formula is C10H11NO3. The smallest absolute Gasteiger partial charge is 0.349 e. The minimum absolute atomic E-state index is 0.471. The minimum atomic E-state index is -0.471. The molecule has 0 aliphatic rings. The number of carbonyl (C=O) groups is 1. The quantitative estimate of drug-likeness (QED) is 0.540. The molecule has 0 N–H and O–H groups in total. The zero-order valence-electron chi connectivity index (χ0n) is 8.06. The van der Waals surface area contributed by atoms with Gasteiger partial charge in [-0.15, -0.1) is 0 Å². The molecule has 1 aromatic carbocycles. The third-order valence-electron chi connectivity index (χ3n) is 1.59. The molecule has 0 aliphatic carbocycles. The van der Waals surface area contributed by atoms with Gasteiger partial charge in [0.25, 0.3) is 0 Å². The highest BCUT2D eigenvalue weighted by molar-refractivity contribution is 6.23. The summed E-state index contributed by atoms with van der Waals surface area (Å²) in [6, 6.07) is 7.03. The molecule has 74 valence electrons. The second-order valence-corrected chi connectivity index (χ2v) is 2.48. The molecule has 0 heterocycles. The lowest BCUT2D eigenvalue weighted by Crippen LogP contribution is -1.99.